The van der Waals surface area contributed by atoms with E-state index >= 15 is 0 Å². The molecule has 1 heteroatoms. The number of anilines is 3. The summed E-state index contributed by atoms with van der Waals surface area (Å²) in [5.74, 6) is 0. The summed E-state index contributed by atoms with van der Waals surface area (Å²) in [6.45, 7) is 4.77. The van der Waals surface area contributed by atoms with Crippen molar-refractivity contribution in [1.29, 1.82) is 0 Å². The summed E-state index contributed by atoms with van der Waals surface area (Å²) in [5.41, 5.74) is 16.1. The largest absolute Gasteiger partial charge is 0.309 e. The molecule has 0 aliphatic heterocycles. The van der Waals surface area contributed by atoms with Crippen molar-refractivity contribution in [2.75, 3.05) is 4.90 Å². The molecule has 0 saturated heterocycles. The number of hydrogen-bond acceptors (Lipinski definition) is 1. The molecule has 10 rings (SSSR count). The van der Waals surface area contributed by atoms with Crippen molar-refractivity contribution >= 4 is 38.6 Å². The van der Waals surface area contributed by atoms with Gasteiger partial charge in [-0.15, -0.1) is 0 Å². The van der Waals surface area contributed by atoms with Gasteiger partial charge >= 0.3 is 0 Å². The average Bonchev–Trinajstić information content (AvgIpc) is 3.46. The van der Waals surface area contributed by atoms with Gasteiger partial charge < -0.3 is 4.90 Å². The van der Waals surface area contributed by atoms with E-state index in [4.69, 9.17) is 0 Å². The molecule has 9 aromatic carbocycles. The Morgan fingerprint density at radius 1 is 0.333 bits per heavy atom. The van der Waals surface area contributed by atoms with Gasteiger partial charge in [0.15, 0.2) is 0 Å². The topological polar surface area (TPSA) is 3.24 Å². The third-order valence-corrected chi connectivity index (χ3v) is 11.5. The highest BCUT2D eigenvalue weighted by atomic mass is 15.1. The number of rotatable bonds is 6. The molecule has 0 saturated carbocycles. The Morgan fingerprint density at radius 3 is 1.30 bits per heavy atom. The molecule has 0 bridgehead atoms. The molecule has 1 nitrogen and oxygen atoms in total. The monoisotopic (exact) mass is 689 g/mol. The lowest BCUT2D eigenvalue weighted by molar-refractivity contribution is 0.660. The Hall–Kier alpha value is -6.70. The summed E-state index contributed by atoms with van der Waals surface area (Å²) in [5, 5.41) is 4.93. The Bertz CT molecular complexity index is 2740. The summed E-state index contributed by atoms with van der Waals surface area (Å²) in [4.78, 5) is 2.46. The van der Waals surface area contributed by atoms with Crippen LogP contribution in [-0.4, -0.2) is 0 Å². The second kappa shape index (κ2) is 12.8. The molecule has 0 fully saturated rings. The average molecular weight is 690 g/mol. The van der Waals surface area contributed by atoms with Crippen LogP contribution in [0.5, 0.6) is 0 Å². The molecule has 1 aliphatic carbocycles. The van der Waals surface area contributed by atoms with Crippen LogP contribution in [0.15, 0.2) is 200 Å². The molecule has 0 heterocycles. The minimum atomic E-state index is -0.180. The van der Waals surface area contributed by atoms with Crippen molar-refractivity contribution in [3.63, 3.8) is 0 Å². The molecule has 0 radical (unpaired) electrons. The normalized spacial score (nSPS) is 12.8. The molecule has 256 valence electrons. The molecule has 0 atom stereocenters. The lowest BCUT2D eigenvalue weighted by atomic mass is 9.81. The van der Waals surface area contributed by atoms with Crippen LogP contribution in [0.1, 0.15) is 25.0 Å². The molecule has 0 aromatic heterocycles. The van der Waals surface area contributed by atoms with Crippen LogP contribution in [0, 0.1) is 0 Å². The van der Waals surface area contributed by atoms with Gasteiger partial charge in [-0.05, 0) is 96.7 Å². The molecular weight excluding hydrogens is 651 g/mol. The Labute approximate surface area is 317 Å². The zero-order valence-corrected chi connectivity index (χ0v) is 30.5. The third-order valence-electron chi connectivity index (χ3n) is 11.5. The summed E-state index contributed by atoms with van der Waals surface area (Å²) in [6, 6.07) is 73.3. The minimum Gasteiger partial charge on any atom is -0.309 e. The lowest BCUT2D eigenvalue weighted by Gasteiger charge is -2.30. The molecule has 9 aromatic rings. The van der Waals surface area contributed by atoms with Gasteiger partial charge in [0.05, 0.1) is 11.4 Å². The molecule has 1 aliphatic rings. The highest BCUT2D eigenvalue weighted by Gasteiger charge is 2.36. The maximum Gasteiger partial charge on any atom is 0.0540 e. The van der Waals surface area contributed by atoms with Crippen molar-refractivity contribution in [3.05, 3.63) is 211 Å². The first-order valence-electron chi connectivity index (χ1n) is 18.8. The van der Waals surface area contributed by atoms with Gasteiger partial charge in [0.25, 0.3) is 0 Å². The number of nitrogens with zero attached hydrogens (tertiary/aromatic N) is 1. The first-order chi connectivity index (χ1) is 26.5. The van der Waals surface area contributed by atoms with Crippen molar-refractivity contribution in [2.24, 2.45) is 0 Å². The summed E-state index contributed by atoms with van der Waals surface area (Å²) < 4.78 is 0. The van der Waals surface area contributed by atoms with Crippen LogP contribution in [-0.2, 0) is 5.41 Å². The van der Waals surface area contributed by atoms with Gasteiger partial charge in [-0.1, -0.05) is 184 Å². The second-order valence-corrected chi connectivity index (χ2v) is 15.0. The van der Waals surface area contributed by atoms with Gasteiger partial charge in [-0.2, -0.15) is 0 Å². The molecule has 0 N–H and O–H groups in total. The van der Waals surface area contributed by atoms with Crippen LogP contribution in [0.25, 0.3) is 66.1 Å². The lowest BCUT2D eigenvalue weighted by Crippen LogP contribution is -2.17. The number of benzene rings is 9. The van der Waals surface area contributed by atoms with E-state index in [1.165, 1.54) is 88.6 Å². The zero-order valence-electron chi connectivity index (χ0n) is 30.5. The first kappa shape index (κ1) is 32.0. The van der Waals surface area contributed by atoms with E-state index < -0.39 is 0 Å². The molecule has 0 spiro atoms. The summed E-state index contributed by atoms with van der Waals surface area (Å²) >= 11 is 0. The second-order valence-electron chi connectivity index (χ2n) is 15.0. The predicted octanol–water partition coefficient (Wildman–Crippen LogP) is 14.8. The molecule has 0 unspecified atom stereocenters. The summed E-state index contributed by atoms with van der Waals surface area (Å²) in [7, 11) is 0. The zero-order chi connectivity index (χ0) is 36.2. The van der Waals surface area contributed by atoms with Crippen LogP contribution >= 0.6 is 0 Å². The molecule has 0 amide bonds. The fourth-order valence-electron chi connectivity index (χ4n) is 8.60. The van der Waals surface area contributed by atoms with Gasteiger partial charge in [-0.25, -0.2) is 0 Å². The van der Waals surface area contributed by atoms with Crippen LogP contribution in [0.3, 0.4) is 0 Å². The van der Waals surface area contributed by atoms with E-state index in [0.717, 1.165) is 5.69 Å². The van der Waals surface area contributed by atoms with E-state index in [1.807, 2.05) is 0 Å². The summed E-state index contributed by atoms with van der Waals surface area (Å²) in [6.07, 6.45) is 0. The van der Waals surface area contributed by atoms with Crippen LogP contribution in [0.2, 0.25) is 0 Å². The van der Waals surface area contributed by atoms with E-state index in [-0.39, 0.29) is 5.41 Å². The maximum atomic E-state index is 2.46. The fourth-order valence-corrected chi connectivity index (χ4v) is 8.60. The Kier molecular flexibility index (Phi) is 7.56. The third kappa shape index (κ3) is 5.32. The van der Waals surface area contributed by atoms with Gasteiger partial charge in [0.2, 0.25) is 0 Å². The minimum absolute atomic E-state index is 0.180. The van der Waals surface area contributed by atoms with Gasteiger partial charge in [-0.3, -0.25) is 0 Å². The van der Waals surface area contributed by atoms with Crippen LogP contribution < -0.4 is 4.90 Å². The van der Waals surface area contributed by atoms with E-state index in [1.54, 1.807) is 0 Å². The quantitative estimate of drug-likeness (QED) is 0.168. The van der Waals surface area contributed by atoms with Gasteiger partial charge in [0.1, 0.15) is 0 Å². The first-order valence-corrected chi connectivity index (χ1v) is 18.8. The van der Waals surface area contributed by atoms with Gasteiger partial charge in [0, 0.05) is 21.9 Å². The smallest absolute Gasteiger partial charge is 0.0540 e. The SMILES string of the molecule is CC1(C)c2cc(-c3ccc(-c4ccc(-c5ccccc5)cc4)cc3)ccc2-c2ccc(N(c3cccc4ccccc34)c3cccc4ccccc34)cc21. The standard InChI is InChI=1S/C53H39N/c1-53(2)49-34-43(40-28-26-39(27-29-40)38-24-22-37(23-25-38)36-12-4-3-5-13-36)30-32-47(49)48-33-31-44(35-50(48)53)54(51-20-10-16-41-14-6-8-18-45(41)51)52-21-11-17-42-15-7-9-19-46(42)52/h3-35H,1-2H3. The Balaban J connectivity index is 1.02. The van der Waals surface area contributed by atoms with E-state index in [9.17, 15) is 0 Å². The molecular formula is C53H39N. The number of hydrogen-bond donors (Lipinski definition) is 0. The van der Waals surface area contributed by atoms with Crippen molar-refractivity contribution in [1.82, 2.24) is 0 Å². The van der Waals surface area contributed by atoms with Crippen molar-refractivity contribution < 1.29 is 0 Å². The van der Waals surface area contributed by atoms with Crippen molar-refractivity contribution in [2.45, 2.75) is 19.3 Å². The van der Waals surface area contributed by atoms with Crippen molar-refractivity contribution in [3.8, 4) is 44.5 Å². The number of fused-ring (bicyclic) bond motifs is 5. The Morgan fingerprint density at radius 2 is 0.741 bits per heavy atom. The fraction of sp³-hybridized carbons (Fsp3) is 0.0566. The van der Waals surface area contributed by atoms with E-state index in [0.29, 0.717) is 0 Å². The highest BCUT2D eigenvalue weighted by molar-refractivity contribution is 6.05. The van der Waals surface area contributed by atoms with E-state index in [2.05, 4.69) is 219 Å². The molecule has 54 heavy (non-hydrogen) atoms. The highest BCUT2D eigenvalue weighted by Crippen LogP contribution is 2.52. The maximum absolute atomic E-state index is 2.46. The predicted molar refractivity (Wildman–Crippen MR) is 230 cm³/mol. The van der Waals surface area contributed by atoms with Crippen LogP contribution in [0.4, 0.5) is 17.1 Å².